The van der Waals surface area contributed by atoms with Gasteiger partial charge in [0.05, 0.1) is 66.7 Å². The van der Waals surface area contributed by atoms with Crippen molar-refractivity contribution in [2.45, 2.75) is 71.1 Å². The van der Waals surface area contributed by atoms with Crippen LogP contribution in [-0.2, 0) is 14.3 Å². The fourth-order valence-electron chi connectivity index (χ4n) is 7.10. The van der Waals surface area contributed by atoms with E-state index in [-0.39, 0.29) is 41.6 Å². The third-order valence-electron chi connectivity index (χ3n) is 10.5. The Morgan fingerprint density at radius 2 is 2.04 bits per heavy atom. The highest BCUT2D eigenvalue weighted by atomic mass is 35.5. The quantitative estimate of drug-likeness (QED) is 0.141. The summed E-state index contributed by atoms with van der Waals surface area (Å²) in [5.74, 6) is 0.849. The first-order chi connectivity index (χ1) is 25.4. The van der Waals surface area contributed by atoms with Crippen molar-refractivity contribution in [1.82, 2.24) is 10.2 Å². The zero-order valence-corrected chi connectivity index (χ0v) is 32.0. The van der Waals surface area contributed by atoms with Crippen LogP contribution in [0.4, 0.5) is 0 Å². The van der Waals surface area contributed by atoms with Gasteiger partial charge >= 0.3 is 0 Å². The SMILES string of the molecule is CC1=C(COC2=C(Cl)C=C(C(=O)NC(C)(CO)CO)C(OCC3=CC(C#N)CN=C3)C2)C(C)CC=C1c1cccc([OH+]CCCN2CC[C@@H](O)C2)c1C. The predicted octanol–water partition coefficient (Wildman–Crippen LogP) is 4.63. The van der Waals surface area contributed by atoms with Crippen LogP contribution < -0.4 is 5.32 Å². The molecule has 3 unspecified atom stereocenters. The van der Waals surface area contributed by atoms with Crippen molar-refractivity contribution >= 4 is 29.3 Å². The fourth-order valence-corrected chi connectivity index (χ4v) is 7.35. The molecule has 11 nitrogen and oxygen atoms in total. The Labute approximate surface area is 318 Å². The van der Waals surface area contributed by atoms with Gasteiger partial charge in [-0.3, -0.25) is 9.79 Å². The molecule has 1 fully saturated rings. The second-order valence-corrected chi connectivity index (χ2v) is 15.2. The lowest BCUT2D eigenvalue weighted by Gasteiger charge is -2.31. The summed E-state index contributed by atoms with van der Waals surface area (Å²) in [7, 11) is 0. The van der Waals surface area contributed by atoms with Gasteiger partial charge in [0.2, 0.25) is 5.91 Å². The number of ether oxygens (including phenoxy) is 3. The Balaban J connectivity index is 1.30. The number of hydrogen-bond donors (Lipinski definition) is 4. The van der Waals surface area contributed by atoms with Crippen molar-refractivity contribution in [2.75, 3.05) is 59.2 Å². The van der Waals surface area contributed by atoms with Crippen LogP contribution in [0, 0.1) is 30.1 Å². The van der Waals surface area contributed by atoms with Gasteiger partial charge in [-0.15, -0.1) is 0 Å². The zero-order chi connectivity index (χ0) is 38.1. The highest BCUT2D eigenvalue weighted by molar-refractivity contribution is 6.32. The van der Waals surface area contributed by atoms with Crippen LogP contribution >= 0.6 is 11.6 Å². The molecule has 2 aliphatic carbocycles. The molecule has 1 saturated heterocycles. The van der Waals surface area contributed by atoms with E-state index in [0.717, 1.165) is 79.1 Å². The van der Waals surface area contributed by atoms with Gasteiger partial charge in [-0.25, -0.2) is 0 Å². The Kier molecular flexibility index (Phi) is 14.1. The minimum absolute atomic E-state index is 0.113. The number of nitrogens with zero attached hydrogens (tertiary/aromatic N) is 3. The largest absolute Gasteiger partial charge is 0.582 e. The molecule has 1 aromatic carbocycles. The number of nitriles is 1. The molecule has 1 amide bonds. The standard InChI is InChI=1S/C41H53ClN4O7/c1-26-9-10-33(32-7-5-8-37(28(32)3)51-14-6-12-46-13-11-31(49)21-46)27(2)35(26)23-53-39-17-38(52-22-30-15-29(18-43)19-44-20-30)34(16-36(39)42)40(50)45-41(4,24-47)25-48/h5,7-8,10,15-16,20,26,29,31,38,47-49H,6,9,11-14,17,19,21-25H2,1-4H3,(H,45,50)/p+1/t26?,29?,31-,38?/m1/s1. The third kappa shape index (κ3) is 10.3. The summed E-state index contributed by atoms with van der Waals surface area (Å²) < 4.78 is 17.7. The van der Waals surface area contributed by atoms with Crippen molar-refractivity contribution in [2.24, 2.45) is 16.8 Å². The number of hydrogen-bond acceptors (Lipinski definition) is 9. The summed E-state index contributed by atoms with van der Waals surface area (Å²) in [6, 6.07) is 8.49. The van der Waals surface area contributed by atoms with Crippen molar-refractivity contribution in [3.8, 4) is 11.8 Å². The molecule has 286 valence electrons. The minimum atomic E-state index is -1.25. The van der Waals surface area contributed by atoms with Gasteiger partial charge in [-0.1, -0.05) is 42.8 Å². The summed E-state index contributed by atoms with van der Waals surface area (Å²) in [5, 5.41) is 41.8. The van der Waals surface area contributed by atoms with Gasteiger partial charge in [-0.2, -0.15) is 5.26 Å². The normalized spacial score (nSPS) is 23.7. The topological polar surface area (TPSA) is 160 Å². The Morgan fingerprint density at radius 1 is 1.25 bits per heavy atom. The highest BCUT2D eigenvalue weighted by Gasteiger charge is 2.34. The van der Waals surface area contributed by atoms with Gasteiger partial charge in [0.15, 0.2) is 6.61 Å². The van der Waals surface area contributed by atoms with Crippen molar-refractivity contribution in [3.05, 3.63) is 80.6 Å². The average molecular weight is 750 g/mol. The van der Waals surface area contributed by atoms with Crippen molar-refractivity contribution in [3.63, 3.8) is 0 Å². The van der Waals surface area contributed by atoms with E-state index in [2.05, 4.69) is 66.3 Å². The molecule has 0 bridgehead atoms. The van der Waals surface area contributed by atoms with Gasteiger partial charge in [0.1, 0.15) is 12.4 Å². The number of dihydropyridines is 1. The van der Waals surface area contributed by atoms with E-state index < -0.39 is 30.8 Å². The summed E-state index contributed by atoms with van der Waals surface area (Å²) in [4.78, 5) is 20.0. The predicted molar refractivity (Wildman–Crippen MR) is 206 cm³/mol. The number of allylic oxidation sites excluding steroid dienone is 5. The summed E-state index contributed by atoms with van der Waals surface area (Å²) in [5.41, 5.74) is 5.48. The number of likely N-dealkylation sites (tertiary alicyclic amines) is 1. The fraction of sp³-hybridized carbons (Fsp3) is 0.537. The molecular weight excluding hydrogens is 696 g/mol. The van der Waals surface area contributed by atoms with E-state index in [1.807, 2.05) is 6.08 Å². The number of aliphatic imine (C=N–C) groups is 1. The maximum atomic E-state index is 13.5. The van der Waals surface area contributed by atoms with Crippen LogP contribution in [0.5, 0.6) is 5.75 Å². The molecule has 12 heteroatoms. The zero-order valence-electron chi connectivity index (χ0n) is 31.3. The molecule has 0 radical (unpaired) electrons. The van der Waals surface area contributed by atoms with Crippen molar-refractivity contribution in [1.29, 1.82) is 5.26 Å². The first-order valence-corrected chi connectivity index (χ1v) is 18.9. The monoisotopic (exact) mass is 749 g/mol. The number of aliphatic hydroxyl groups is 4. The van der Waals surface area contributed by atoms with Crippen LogP contribution in [0.1, 0.15) is 57.6 Å². The number of carbonyl (C=O) groups excluding carboxylic acids is 1. The molecule has 0 spiro atoms. The van der Waals surface area contributed by atoms with Crippen LogP contribution in [0.15, 0.2) is 74.5 Å². The summed E-state index contributed by atoms with van der Waals surface area (Å²) in [6.45, 7) is 11.2. The molecule has 0 aromatic heterocycles. The van der Waals surface area contributed by atoms with E-state index in [9.17, 15) is 25.4 Å². The number of benzene rings is 1. The molecule has 5 rings (SSSR count). The van der Waals surface area contributed by atoms with Gasteiger partial charge in [0.25, 0.3) is 5.75 Å². The minimum Gasteiger partial charge on any atom is -0.582 e. The molecule has 53 heavy (non-hydrogen) atoms. The number of aliphatic hydroxyl groups excluding tert-OH is 3. The van der Waals surface area contributed by atoms with Crippen LogP contribution in [0.2, 0.25) is 0 Å². The molecule has 2 aliphatic heterocycles. The number of rotatable bonds is 16. The Bertz CT molecular complexity index is 1730. The van der Waals surface area contributed by atoms with Gasteiger partial charge < -0.3 is 39.7 Å². The third-order valence-corrected chi connectivity index (χ3v) is 10.9. The van der Waals surface area contributed by atoms with E-state index >= 15 is 0 Å². The summed E-state index contributed by atoms with van der Waals surface area (Å²) in [6.07, 6.45) is 9.18. The number of aromatic hydroxyl groups is 1. The highest BCUT2D eigenvalue weighted by Crippen LogP contribution is 2.40. The molecule has 4 atom stereocenters. The maximum Gasteiger partial charge on any atom is 0.258 e. The summed E-state index contributed by atoms with van der Waals surface area (Å²) >= 11 is 6.78. The van der Waals surface area contributed by atoms with E-state index in [0.29, 0.717) is 18.9 Å². The smallest absolute Gasteiger partial charge is 0.258 e. The van der Waals surface area contributed by atoms with Crippen molar-refractivity contribution < 1.29 is 34.3 Å². The number of halogens is 1. The second kappa shape index (κ2) is 18.5. The lowest BCUT2D eigenvalue weighted by molar-refractivity contribution is -0.121. The average Bonchev–Trinajstić information content (AvgIpc) is 3.58. The number of β-amino-alcohol motifs (C(OH)–C–C–N with tert-alkyl or cyclic N) is 1. The maximum absolute atomic E-state index is 13.5. The Hall–Kier alpha value is -3.76. The van der Waals surface area contributed by atoms with Gasteiger partial charge in [-0.05, 0) is 73.5 Å². The number of amides is 1. The molecule has 4 aliphatic rings. The van der Waals surface area contributed by atoms with Crippen LogP contribution in [-0.4, -0.2) is 114 Å². The van der Waals surface area contributed by atoms with Gasteiger partial charge in [0, 0.05) is 50.3 Å². The van der Waals surface area contributed by atoms with Crippen LogP contribution in [0.3, 0.4) is 0 Å². The van der Waals surface area contributed by atoms with E-state index in [1.54, 1.807) is 13.1 Å². The lowest BCUT2D eigenvalue weighted by atomic mass is 9.81. The first-order valence-electron chi connectivity index (χ1n) is 18.5. The van der Waals surface area contributed by atoms with E-state index in [4.69, 9.17) is 25.8 Å². The molecular formula is C41H54ClN4O7+. The molecule has 5 N–H and O–H groups in total. The molecule has 0 saturated carbocycles. The Morgan fingerprint density at radius 3 is 2.75 bits per heavy atom. The number of carbonyl (C=O) groups is 1. The van der Waals surface area contributed by atoms with E-state index in [1.165, 1.54) is 11.6 Å². The molecule has 2 heterocycles. The first kappa shape index (κ1) is 40.4. The molecule has 1 aromatic rings. The number of nitrogens with one attached hydrogen (secondary N) is 1. The lowest BCUT2D eigenvalue weighted by Crippen LogP contribution is -2.53. The second-order valence-electron chi connectivity index (χ2n) is 14.8. The van der Waals surface area contributed by atoms with Crippen LogP contribution in [0.25, 0.3) is 5.57 Å².